The van der Waals surface area contributed by atoms with Crippen LogP contribution in [0.15, 0.2) is 28.0 Å². The first-order valence-corrected chi connectivity index (χ1v) is 5.23. The SMILES string of the molecule is CC(NC(=O)c1ccc(Br)cn1)C(N)=NO. The summed E-state index contributed by atoms with van der Waals surface area (Å²) in [5.41, 5.74) is 5.59. The van der Waals surface area contributed by atoms with Gasteiger partial charge in [-0.1, -0.05) is 5.16 Å². The van der Waals surface area contributed by atoms with Gasteiger partial charge in [0.15, 0.2) is 5.84 Å². The second-order valence-corrected chi connectivity index (χ2v) is 4.00. The highest BCUT2D eigenvalue weighted by Crippen LogP contribution is 2.07. The largest absolute Gasteiger partial charge is 0.409 e. The number of rotatable bonds is 3. The number of hydrogen-bond donors (Lipinski definition) is 3. The van der Waals surface area contributed by atoms with Gasteiger partial charge in [-0.15, -0.1) is 0 Å². The second kappa shape index (κ2) is 5.45. The van der Waals surface area contributed by atoms with Crippen LogP contribution in [0.1, 0.15) is 17.4 Å². The van der Waals surface area contributed by atoms with Crippen LogP contribution < -0.4 is 11.1 Å². The minimum atomic E-state index is -0.553. The van der Waals surface area contributed by atoms with Crippen molar-refractivity contribution in [1.29, 1.82) is 0 Å². The Bertz CT molecular complexity index is 404. The molecule has 4 N–H and O–H groups in total. The van der Waals surface area contributed by atoms with Crippen molar-refractivity contribution < 1.29 is 10.0 Å². The fourth-order valence-corrected chi connectivity index (χ4v) is 1.18. The van der Waals surface area contributed by atoms with Crippen LogP contribution in [-0.2, 0) is 0 Å². The van der Waals surface area contributed by atoms with Crippen molar-refractivity contribution in [2.75, 3.05) is 0 Å². The zero-order valence-electron chi connectivity index (χ0n) is 8.51. The van der Waals surface area contributed by atoms with Gasteiger partial charge in [-0.05, 0) is 35.0 Å². The van der Waals surface area contributed by atoms with E-state index in [1.54, 1.807) is 19.1 Å². The molecule has 1 rings (SSSR count). The molecule has 0 fully saturated rings. The summed E-state index contributed by atoms with van der Waals surface area (Å²) in [4.78, 5) is 15.5. The van der Waals surface area contributed by atoms with Crippen LogP contribution in [0.2, 0.25) is 0 Å². The third-order valence-corrected chi connectivity index (χ3v) is 2.34. The molecule has 0 spiro atoms. The number of nitrogens with two attached hydrogens (primary N) is 1. The smallest absolute Gasteiger partial charge is 0.270 e. The van der Waals surface area contributed by atoms with E-state index in [2.05, 4.69) is 31.4 Å². The summed E-state index contributed by atoms with van der Waals surface area (Å²) in [6.45, 7) is 1.60. The van der Waals surface area contributed by atoms with Crippen LogP contribution in [-0.4, -0.2) is 28.0 Å². The zero-order chi connectivity index (χ0) is 12.1. The van der Waals surface area contributed by atoms with Crippen molar-refractivity contribution in [3.8, 4) is 0 Å². The monoisotopic (exact) mass is 286 g/mol. The Kier molecular flexibility index (Phi) is 4.24. The molecular formula is C9H11BrN4O2. The number of aromatic nitrogens is 1. The number of nitrogens with zero attached hydrogens (tertiary/aromatic N) is 2. The van der Waals surface area contributed by atoms with Crippen molar-refractivity contribution in [2.24, 2.45) is 10.9 Å². The third kappa shape index (κ3) is 3.20. The highest BCUT2D eigenvalue weighted by atomic mass is 79.9. The topological polar surface area (TPSA) is 101 Å². The number of hydrogen-bond acceptors (Lipinski definition) is 4. The molecule has 7 heteroatoms. The van der Waals surface area contributed by atoms with Crippen LogP contribution in [0, 0.1) is 0 Å². The molecule has 1 aromatic rings. The molecule has 0 saturated carbocycles. The van der Waals surface area contributed by atoms with Gasteiger partial charge in [0.25, 0.3) is 5.91 Å². The standard InChI is InChI=1S/C9H11BrN4O2/c1-5(8(11)14-16)13-9(15)7-3-2-6(10)4-12-7/h2-5,16H,1H3,(H2,11,14)(H,13,15). The normalized spacial score (nSPS) is 13.2. The zero-order valence-corrected chi connectivity index (χ0v) is 10.1. The predicted octanol–water partition coefficient (Wildman–Crippen LogP) is 0.709. The van der Waals surface area contributed by atoms with E-state index in [9.17, 15) is 4.79 Å². The van der Waals surface area contributed by atoms with Gasteiger partial charge < -0.3 is 16.3 Å². The fraction of sp³-hybridized carbons (Fsp3) is 0.222. The van der Waals surface area contributed by atoms with Gasteiger partial charge in [0, 0.05) is 10.7 Å². The number of amides is 1. The lowest BCUT2D eigenvalue weighted by Crippen LogP contribution is -2.42. The molecule has 0 bridgehead atoms. The van der Waals surface area contributed by atoms with Gasteiger partial charge >= 0.3 is 0 Å². The molecule has 1 amide bonds. The lowest BCUT2D eigenvalue weighted by atomic mass is 10.3. The Morgan fingerprint density at radius 2 is 2.38 bits per heavy atom. The maximum Gasteiger partial charge on any atom is 0.270 e. The molecular weight excluding hydrogens is 276 g/mol. The summed E-state index contributed by atoms with van der Waals surface area (Å²) in [7, 11) is 0. The fourth-order valence-electron chi connectivity index (χ4n) is 0.941. The molecule has 16 heavy (non-hydrogen) atoms. The third-order valence-electron chi connectivity index (χ3n) is 1.87. The van der Waals surface area contributed by atoms with E-state index in [1.807, 2.05) is 0 Å². The van der Waals surface area contributed by atoms with Crippen molar-refractivity contribution in [2.45, 2.75) is 13.0 Å². The number of oxime groups is 1. The molecule has 0 aliphatic heterocycles. The lowest BCUT2D eigenvalue weighted by molar-refractivity contribution is 0.0943. The van der Waals surface area contributed by atoms with Crippen molar-refractivity contribution in [3.05, 3.63) is 28.5 Å². The van der Waals surface area contributed by atoms with Crippen LogP contribution in [0.3, 0.4) is 0 Å². The summed E-state index contributed by atoms with van der Waals surface area (Å²) >= 11 is 3.21. The maximum atomic E-state index is 11.6. The van der Waals surface area contributed by atoms with E-state index in [4.69, 9.17) is 10.9 Å². The molecule has 1 heterocycles. The van der Waals surface area contributed by atoms with Gasteiger partial charge in [-0.3, -0.25) is 4.79 Å². The first-order chi connectivity index (χ1) is 7.54. The Morgan fingerprint density at radius 1 is 1.69 bits per heavy atom. The minimum Gasteiger partial charge on any atom is -0.409 e. The van der Waals surface area contributed by atoms with Crippen LogP contribution in [0.4, 0.5) is 0 Å². The minimum absolute atomic E-state index is 0.0644. The highest BCUT2D eigenvalue weighted by Gasteiger charge is 2.13. The summed E-state index contributed by atoms with van der Waals surface area (Å²) < 4.78 is 0.786. The van der Waals surface area contributed by atoms with E-state index in [1.165, 1.54) is 6.20 Å². The number of carbonyl (C=O) groups excluding carboxylic acids is 1. The molecule has 0 aliphatic rings. The van der Waals surface area contributed by atoms with Gasteiger partial charge in [-0.2, -0.15) is 0 Å². The average molecular weight is 287 g/mol. The van der Waals surface area contributed by atoms with Gasteiger partial charge in [-0.25, -0.2) is 4.98 Å². The molecule has 1 aromatic heterocycles. The van der Waals surface area contributed by atoms with E-state index >= 15 is 0 Å². The van der Waals surface area contributed by atoms with Crippen molar-refractivity contribution in [1.82, 2.24) is 10.3 Å². The first kappa shape index (κ1) is 12.4. The molecule has 1 atom stereocenters. The summed E-state index contributed by atoms with van der Waals surface area (Å²) in [6.07, 6.45) is 1.52. The number of carbonyl (C=O) groups is 1. The average Bonchev–Trinajstić information content (AvgIpc) is 2.28. The molecule has 6 nitrogen and oxygen atoms in total. The van der Waals surface area contributed by atoms with E-state index in [0.717, 1.165) is 4.47 Å². The number of amidine groups is 1. The summed E-state index contributed by atoms with van der Waals surface area (Å²) in [5, 5.41) is 13.7. The Balaban J connectivity index is 2.69. The van der Waals surface area contributed by atoms with Gasteiger partial charge in [0.2, 0.25) is 0 Å². The molecule has 1 unspecified atom stereocenters. The lowest BCUT2D eigenvalue weighted by Gasteiger charge is -2.11. The second-order valence-electron chi connectivity index (χ2n) is 3.08. The number of halogens is 1. The molecule has 86 valence electrons. The Morgan fingerprint density at radius 3 is 2.88 bits per heavy atom. The Labute approximate surface area is 101 Å². The highest BCUT2D eigenvalue weighted by molar-refractivity contribution is 9.10. The number of pyridine rings is 1. The van der Waals surface area contributed by atoms with E-state index < -0.39 is 6.04 Å². The van der Waals surface area contributed by atoms with Gasteiger partial charge in [0.05, 0.1) is 6.04 Å². The summed E-state index contributed by atoms with van der Waals surface area (Å²) in [6, 6.07) is 2.72. The quantitative estimate of drug-likeness (QED) is 0.330. The van der Waals surface area contributed by atoms with Gasteiger partial charge in [0.1, 0.15) is 5.69 Å². The predicted molar refractivity (Wildman–Crippen MR) is 62.3 cm³/mol. The Hall–Kier alpha value is -1.63. The van der Waals surface area contributed by atoms with Crippen LogP contribution >= 0.6 is 15.9 Å². The van der Waals surface area contributed by atoms with E-state index in [-0.39, 0.29) is 17.4 Å². The number of nitrogens with one attached hydrogen (secondary N) is 1. The maximum absolute atomic E-state index is 11.6. The molecule has 0 aromatic carbocycles. The van der Waals surface area contributed by atoms with Crippen molar-refractivity contribution >= 4 is 27.7 Å². The molecule has 0 saturated heterocycles. The summed E-state index contributed by atoms with van der Waals surface area (Å²) in [5.74, 6) is -0.447. The van der Waals surface area contributed by atoms with Crippen LogP contribution in [0.25, 0.3) is 0 Å². The first-order valence-electron chi connectivity index (χ1n) is 4.44. The molecule has 0 radical (unpaired) electrons. The molecule has 0 aliphatic carbocycles. The van der Waals surface area contributed by atoms with Crippen LogP contribution in [0.5, 0.6) is 0 Å². The van der Waals surface area contributed by atoms with E-state index in [0.29, 0.717) is 0 Å². The van der Waals surface area contributed by atoms with Crippen molar-refractivity contribution in [3.63, 3.8) is 0 Å².